The summed E-state index contributed by atoms with van der Waals surface area (Å²) in [4.78, 5) is 38.1. The number of urea groups is 1. The first kappa shape index (κ1) is 39.8. The molecule has 3 aromatic carbocycles. The molecule has 0 radical (unpaired) electrons. The summed E-state index contributed by atoms with van der Waals surface area (Å²) in [7, 11) is -4.07. The van der Waals surface area contributed by atoms with Gasteiger partial charge in [-0.2, -0.15) is 0 Å². The summed E-state index contributed by atoms with van der Waals surface area (Å²) < 4.78 is 35.8. The van der Waals surface area contributed by atoms with Crippen molar-refractivity contribution >= 4 is 62.6 Å². The van der Waals surface area contributed by atoms with E-state index in [4.69, 9.17) is 44.5 Å². The number of hydrogen-bond donors (Lipinski definition) is 2. The minimum Gasteiger partial charge on any atom is -0.493 e. The van der Waals surface area contributed by atoms with E-state index in [1.54, 1.807) is 54.8 Å². The van der Waals surface area contributed by atoms with Crippen LogP contribution in [-0.2, 0) is 14.8 Å². The number of hydrogen-bond acceptors (Lipinski definition) is 7. The van der Waals surface area contributed by atoms with E-state index in [0.717, 1.165) is 11.1 Å². The van der Waals surface area contributed by atoms with Crippen LogP contribution in [0.2, 0.25) is 15.1 Å². The van der Waals surface area contributed by atoms with Crippen molar-refractivity contribution in [2.24, 2.45) is 4.99 Å². The highest BCUT2D eigenvalue weighted by atomic mass is 35.5. The lowest BCUT2D eigenvalue weighted by molar-refractivity contribution is -0.124. The summed E-state index contributed by atoms with van der Waals surface area (Å²) in [6, 6.07) is 15.3. The van der Waals surface area contributed by atoms with Gasteiger partial charge in [0.25, 0.3) is 0 Å². The number of aliphatic imine (C=N–C) groups is 1. The Labute approximate surface area is 321 Å². The zero-order valence-corrected chi connectivity index (χ0v) is 33.2. The molecule has 2 heterocycles. The lowest BCUT2D eigenvalue weighted by Crippen LogP contribution is -2.56. The molecular formula is C37H45Cl3N6O5S. The number of carbonyl (C=O) groups is 2. The molecular weight excluding hydrogens is 747 g/mol. The number of nitrogens with zero attached hydrogens (tertiary/aromatic N) is 4. The van der Waals surface area contributed by atoms with Crippen LogP contribution < -0.4 is 14.8 Å². The standard InChI is InChI=1S/C37H45Cl3N6O5S/c1-7-51-30-21-29(40)31(52(49,50)43-23(2)3)20-28(30)35-41-33(24-8-12-26(38)13-9-24)34(25-10-14-27(39)15-11-25)46(35)36(48)45-18-16-44(17-19-45)22-32(47)42-37(4,5)6/h8-15,20-21,23,33-34,43H,7,16-19,22H2,1-6H3,(H,42,47)/t33-,34+/m0/s1. The Balaban J connectivity index is 1.63. The molecule has 2 atom stereocenters. The van der Waals surface area contributed by atoms with E-state index in [9.17, 15) is 18.0 Å². The van der Waals surface area contributed by atoms with E-state index in [1.807, 2.05) is 49.9 Å². The molecule has 15 heteroatoms. The van der Waals surface area contributed by atoms with Gasteiger partial charge in [-0.25, -0.2) is 17.9 Å². The van der Waals surface area contributed by atoms with Crippen molar-refractivity contribution in [2.45, 2.75) is 70.1 Å². The van der Waals surface area contributed by atoms with Crippen LogP contribution in [0.1, 0.15) is 70.3 Å². The molecule has 5 rings (SSSR count). The van der Waals surface area contributed by atoms with Gasteiger partial charge in [-0.15, -0.1) is 0 Å². The Hall–Kier alpha value is -3.39. The molecule has 1 saturated heterocycles. The number of amides is 3. The van der Waals surface area contributed by atoms with Gasteiger partial charge in [0, 0.05) is 53.9 Å². The Kier molecular flexibility index (Phi) is 12.5. The third-order valence-electron chi connectivity index (χ3n) is 8.48. The van der Waals surface area contributed by atoms with Crippen LogP contribution in [0.3, 0.4) is 0 Å². The fourth-order valence-corrected chi connectivity index (χ4v) is 8.38. The summed E-state index contributed by atoms with van der Waals surface area (Å²) in [5.41, 5.74) is 1.48. The first-order chi connectivity index (χ1) is 24.5. The zero-order valence-electron chi connectivity index (χ0n) is 30.1. The summed E-state index contributed by atoms with van der Waals surface area (Å²) in [6.07, 6.45) is 0. The third-order valence-corrected chi connectivity index (χ3v) is 11.1. The third kappa shape index (κ3) is 9.39. The fourth-order valence-electron chi connectivity index (χ4n) is 6.33. The second-order valence-corrected chi connectivity index (χ2v) is 17.1. The number of nitrogens with one attached hydrogen (secondary N) is 2. The number of rotatable bonds is 10. The van der Waals surface area contributed by atoms with Crippen LogP contribution >= 0.6 is 34.8 Å². The average Bonchev–Trinajstić information content (AvgIpc) is 3.44. The first-order valence-corrected chi connectivity index (χ1v) is 19.8. The Morgan fingerprint density at radius 1 is 0.923 bits per heavy atom. The molecule has 0 aliphatic carbocycles. The highest BCUT2D eigenvalue weighted by Crippen LogP contribution is 2.46. The minimum atomic E-state index is -4.07. The lowest BCUT2D eigenvalue weighted by Gasteiger charge is -2.39. The fraction of sp³-hybridized carbons (Fsp3) is 0.432. The van der Waals surface area contributed by atoms with Crippen molar-refractivity contribution in [1.29, 1.82) is 0 Å². The van der Waals surface area contributed by atoms with Crippen molar-refractivity contribution in [3.8, 4) is 5.75 Å². The molecule has 0 aromatic heterocycles. The van der Waals surface area contributed by atoms with E-state index < -0.39 is 28.1 Å². The summed E-state index contributed by atoms with van der Waals surface area (Å²) in [6.45, 7) is 13.1. The molecule has 0 saturated carbocycles. The molecule has 0 spiro atoms. The molecule has 2 aliphatic heterocycles. The second-order valence-electron chi connectivity index (χ2n) is 14.1. The number of benzene rings is 3. The van der Waals surface area contributed by atoms with Crippen LogP contribution in [0.25, 0.3) is 0 Å². The number of sulfonamides is 1. The van der Waals surface area contributed by atoms with Gasteiger partial charge in [0.05, 0.1) is 29.8 Å². The normalized spacial score (nSPS) is 18.5. The molecule has 1 fully saturated rings. The molecule has 11 nitrogen and oxygen atoms in total. The van der Waals surface area contributed by atoms with Gasteiger partial charge in [0.15, 0.2) is 0 Å². The number of ether oxygens (including phenoxy) is 1. The van der Waals surface area contributed by atoms with E-state index in [0.29, 0.717) is 36.2 Å². The highest BCUT2D eigenvalue weighted by molar-refractivity contribution is 7.89. The zero-order chi connectivity index (χ0) is 38.0. The smallest absolute Gasteiger partial charge is 0.326 e. The Bertz CT molecular complexity index is 1910. The van der Waals surface area contributed by atoms with Crippen LogP contribution in [0.4, 0.5) is 4.79 Å². The van der Waals surface area contributed by atoms with Gasteiger partial charge in [0.1, 0.15) is 22.5 Å². The predicted octanol–water partition coefficient (Wildman–Crippen LogP) is 6.93. The Morgan fingerprint density at radius 3 is 2.04 bits per heavy atom. The molecule has 280 valence electrons. The average molecular weight is 792 g/mol. The largest absolute Gasteiger partial charge is 0.493 e. The summed E-state index contributed by atoms with van der Waals surface area (Å²) in [5, 5.41) is 4.03. The van der Waals surface area contributed by atoms with Crippen LogP contribution in [0.5, 0.6) is 5.75 Å². The molecule has 3 amide bonds. The quantitative estimate of drug-likeness (QED) is 0.230. The summed E-state index contributed by atoms with van der Waals surface area (Å²) >= 11 is 19.2. The van der Waals surface area contributed by atoms with Gasteiger partial charge in [-0.1, -0.05) is 59.1 Å². The van der Waals surface area contributed by atoms with E-state index >= 15 is 0 Å². The van der Waals surface area contributed by atoms with Crippen LogP contribution in [0, 0.1) is 0 Å². The van der Waals surface area contributed by atoms with E-state index in [1.165, 1.54) is 12.1 Å². The minimum absolute atomic E-state index is 0.0352. The van der Waals surface area contributed by atoms with Crippen molar-refractivity contribution in [1.82, 2.24) is 24.7 Å². The topological polar surface area (TPSA) is 124 Å². The van der Waals surface area contributed by atoms with Gasteiger partial charge >= 0.3 is 6.03 Å². The summed E-state index contributed by atoms with van der Waals surface area (Å²) in [5.74, 6) is 0.408. The molecule has 2 N–H and O–H groups in total. The molecule has 0 unspecified atom stereocenters. The van der Waals surface area contributed by atoms with E-state index in [-0.39, 0.29) is 57.7 Å². The number of carbonyl (C=O) groups excluding carboxylic acids is 2. The monoisotopic (exact) mass is 790 g/mol. The van der Waals surface area contributed by atoms with Crippen LogP contribution in [-0.4, -0.2) is 91.8 Å². The van der Waals surface area contributed by atoms with Gasteiger partial charge in [-0.3, -0.25) is 19.6 Å². The molecule has 3 aromatic rings. The predicted molar refractivity (Wildman–Crippen MR) is 206 cm³/mol. The number of halogens is 3. The van der Waals surface area contributed by atoms with Gasteiger partial charge < -0.3 is 15.0 Å². The Morgan fingerprint density at radius 2 is 1.50 bits per heavy atom. The second kappa shape index (κ2) is 16.3. The molecule has 2 aliphatic rings. The van der Waals surface area contributed by atoms with Gasteiger partial charge in [-0.05, 0) is 83.0 Å². The highest BCUT2D eigenvalue weighted by Gasteiger charge is 2.45. The van der Waals surface area contributed by atoms with Crippen molar-refractivity contribution < 1.29 is 22.7 Å². The molecule has 0 bridgehead atoms. The van der Waals surface area contributed by atoms with Crippen molar-refractivity contribution in [2.75, 3.05) is 39.3 Å². The molecule has 52 heavy (non-hydrogen) atoms. The van der Waals surface area contributed by atoms with E-state index in [2.05, 4.69) is 10.0 Å². The maximum Gasteiger partial charge on any atom is 0.326 e. The maximum atomic E-state index is 15.0. The SMILES string of the molecule is CCOc1cc(Cl)c(S(=O)(=O)NC(C)C)cc1C1=N[C@@H](c2ccc(Cl)cc2)[C@@H](c2ccc(Cl)cc2)N1C(=O)N1CCN(CC(=O)NC(C)(C)C)CC1. The number of amidine groups is 1. The maximum absolute atomic E-state index is 15.0. The number of piperazine rings is 1. The lowest BCUT2D eigenvalue weighted by atomic mass is 9.93. The van der Waals surface area contributed by atoms with Crippen LogP contribution in [0.15, 0.2) is 70.6 Å². The van der Waals surface area contributed by atoms with Gasteiger partial charge in [0.2, 0.25) is 15.9 Å². The first-order valence-electron chi connectivity index (χ1n) is 17.2. The van der Waals surface area contributed by atoms with Crippen molar-refractivity contribution in [3.63, 3.8) is 0 Å². The van der Waals surface area contributed by atoms with Crippen molar-refractivity contribution in [3.05, 3.63) is 92.4 Å².